The van der Waals surface area contributed by atoms with E-state index in [-0.39, 0.29) is 23.8 Å². The summed E-state index contributed by atoms with van der Waals surface area (Å²) in [4.78, 5) is 26.1. The van der Waals surface area contributed by atoms with Crippen molar-refractivity contribution < 1.29 is 14.3 Å². The number of ether oxygens (including phenoxy) is 1. The first-order chi connectivity index (χ1) is 8.06. The zero-order valence-electron chi connectivity index (χ0n) is 11.2. The SMILES string of the molecule is CCOC(=O)C1C(=O)CC(CC)N(C)C1CC. The second-order valence-corrected chi connectivity index (χ2v) is 4.60. The summed E-state index contributed by atoms with van der Waals surface area (Å²) in [6.45, 7) is 6.19. The predicted molar refractivity (Wildman–Crippen MR) is 65.7 cm³/mol. The summed E-state index contributed by atoms with van der Waals surface area (Å²) in [5, 5.41) is 0. The molecule has 0 radical (unpaired) electrons. The van der Waals surface area contributed by atoms with E-state index in [0.717, 1.165) is 12.8 Å². The molecule has 0 amide bonds. The summed E-state index contributed by atoms with van der Waals surface area (Å²) >= 11 is 0. The zero-order valence-corrected chi connectivity index (χ0v) is 11.2. The normalized spacial score (nSPS) is 30.4. The molecule has 17 heavy (non-hydrogen) atoms. The van der Waals surface area contributed by atoms with Gasteiger partial charge in [-0.25, -0.2) is 0 Å². The molecule has 1 rings (SSSR count). The van der Waals surface area contributed by atoms with E-state index in [2.05, 4.69) is 11.8 Å². The van der Waals surface area contributed by atoms with Crippen LogP contribution < -0.4 is 0 Å². The number of Topliss-reactive ketones (excluding diaryl/α,β-unsaturated/α-hetero) is 1. The Balaban J connectivity index is 2.88. The van der Waals surface area contributed by atoms with Gasteiger partial charge >= 0.3 is 5.97 Å². The first kappa shape index (κ1) is 14.2. The fraction of sp³-hybridized carbons (Fsp3) is 0.846. The third-order valence-electron chi connectivity index (χ3n) is 3.70. The van der Waals surface area contributed by atoms with Gasteiger partial charge in [0.05, 0.1) is 6.61 Å². The monoisotopic (exact) mass is 241 g/mol. The molecule has 0 N–H and O–H groups in total. The number of ketones is 1. The molecule has 0 bridgehead atoms. The zero-order chi connectivity index (χ0) is 13.0. The summed E-state index contributed by atoms with van der Waals surface area (Å²) in [7, 11) is 2.00. The van der Waals surface area contributed by atoms with Crippen molar-refractivity contribution in [3.63, 3.8) is 0 Å². The van der Waals surface area contributed by atoms with Crippen molar-refractivity contribution in [1.82, 2.24) is 4.90 Å². The number of nitrogens with zero attached hydrogens (tertiary/aromatic N) is 1. The Hall–Kier alpha value is -0.900. The second kappa shape index (κ2) is 6.15. The van der Waals surface area contributed by atoms with Crippen LogP contribution in [0.2, 0.25) is 0 Å². The number of hydrogen-bond acceptors (Lipinski definition) is 4. The minimum absolute atomic E-state index is 0.0137. The highest BCUT2D eigenvalue weighted by atomic mass is 16.5. The number of esters is 1. The van der Waals surface area contributed by atoms with Crippen LogP contribution in [0.25, 0.3) is 0 Å². The quantitative estimate of drug-likeness (QED) is 0.554. The Morgan fingerprint density at radius 3 is 2.47 bits per heavy atom. The van der Waals surface area contributed by atoms with Crippen molar-refractivity contribution in [3.8, 4) is 0 Å². The Labute approximate surface area is 103 Å². The average Bonchev–Trinajstić information content (AvgIpc) is 2.31. The summed E-state index contributed by atoms with van der Waals surface area (Å²) in [5.41, 5.74) is 0. The Morgan fingerprint density at radius 2 is 2.00 bits per heavy atom. The molecule has 3 unspecified atom stereocenters. The fourth-order valence-corrected chi connectivity index (χ4v) is 2.70. The molecular weight excluding hydrogens is 218 g/mol. The predicted octanol–water partition coefficient (Wildman–Crippen LogP) is 1.63. The Bertz CT molecular complexity index is 290. The molecule has 4 nitrogen and oxygen atoms in total. The van der Waals surface area contributed by atoms with Gasteiger partial charge in [0, 0.05) is 18.5 Å². The highest BCUT2D eigenvalue weighted by Gasteiger charge is 2.43. The van der Waals surface area contributed by atoms with E-state index in [9.17, 15) is 9.59 Å². The van der Waals surface area contributed by atoms with Crippen LogP contribution in [0, 0.1) is 5.92 Å². The van der Waals surface area contributed by atoms with Gasteiger partial charge < -0.3 is 4.74 Å². The molecule has 4 heteroatoms. The Morgan fingerprint density at radius 1 is 1.35 bits per heavy atom. The lowest BCUT2D eigenvalue weighted by Crippen LogP contribution is -2.55. The number of piperidine rings is 1. The van der Waals surface area contributed by atoms with Crippen molar-refractivity contribution in [2.75, 3.05) is 13.7 Å². The van der Waals surface area contributed by atoms with Crippen LogP contribution in [0.3, 0.4) is 0 Å². The van der Waals surface area contributed by atoms with E-state index in [1.54, 1.807) is 6.92 Å². The summed E-state index contributed by atoms with van der Waals surface area (Å²) in [6.07, 6.45) is 2.20. The van der Waals surface area contributed by atoms with Crippen molar-refractivity contribution in [2.45, 2.75) is 52.1 Å². The maximum Gasteiger partial charge on any atom is 0.318 e. The average molecular weight is 241 g/mol. The van der Waals surface area contributed by atoms with E-state index < -0.39 is 5.92 Å². The highest BCUT2D eigenvalue weighted by Crippen LogP contribution is 2.28. The first-order valence-corrected chi connectivity index (χ1v) is 6.47. The lowest BCUT2D eigenvalue weighted by atomic mass is 9.82. The van der Waals surface area contributed by atoms with Gasteiger partial charge in [0.2, 0.25) is 0 Å². The maximum absolute atomic E-state index is 12.1. The maximum atomic E-state index is 12.1. The van der Waals surface area contributed by atoms with Crippen LogP contribution in [-0.2, 0) is 14.3 Å². The molecule has 1 saturated heterocycles. The van der Waals surface area contributed by atoms with Crippen LogP contribution in [0.5, 0.6) is 0 Å². The van der Waals surface area contributed by atoms with E-state index in [4.69, 9.17) is 4.74 Å². The van der Waals surface area contributed by atoms with Crippen LogP contribution in [0.4, 0.5) is 0 Å². The molecule has 0 aromatic carbocycles. The number of hydrogen-bond donors (Lipinski definition) is 0. The fourth-order valence-electron chi connectivity index (χ4n) is 2.70. The van der Waals surface area contributed by atoms with Gasteiger partial charge in [-0.3, -0.25) is 14.5 Å². The third kappa shape index (κ3) is 2.86. The number of rotatable bonds is 4. The summed E-state index contributed by atoms with van der Waals surface area (Å²) in [5.74, 6) is -0.904. The van der Waals surface area contributed by atoms with E-state index >= 15 is 0 Å². The van der Waals surface area contributed by atoms with Crippen LogP contribution in [0.1, 0.15) is 40.0 Å². The van der Waals surface area contributed by atoms with Gasteiger partial charge in [-0.05, 0) is 26.8 Å². The number of carbonyl (C=O) groups is 2. The third-order valence-corrected chi connectivity index (χ3v) is 3.70. The van der Waals surface area contributed by atoms with Crippen LogP contribution in [0.15, 0.2) is 0 Å². The first-order valence-electron chi connectivity index (χ1n) is 6.47. The molecular formula is C13H23NO3. The lowest BCUT2D eigenvalue weighted by molar-refractivity contribution is -0.158. The highest BCUT2D eigenvalue weighted by molar-refractivity contribution is 6.00. The minimum Gasteiger partial charge on any atom is -0.465 e. The van der Waals surface area contributed by atoms with Gasteiger partial charge in [-0.1, -0.05) is 13.8 Å². The van der Waals surface area contributed by atoms with Gasteiger partial charge in [0.1, 0.15) is 11.7 Å². The molecule has 0 aliphatic carbocycles. The smallest absolute Gasteiger partial charge is 0.318 e. The molecule has 1 fully saturated rings. The molecule has 1 heterocycles. The molecule has 0 spiro atoms. The molecule has 0 saturated carbocycles. The van der Waals surface area contributed by atoms with Crippen molar-refractivity contribution in [3.05, 3.63) is 0 Å². The molecule has 1 aliphatic rings. The Kier molecular flexibility index (Phi) is 5.12. The van der Waals surface area contributed by atoms with Gasteiger partial charge in [-0.15, -0.1) is 0 Å². The summed E-state index contributed by atoms with van der Waals surface area (Å²) in [6, 6.07) is 0.248. The van der Waals surface area contributed by atoms with Gasteiger partial charge in [-0.2, -0.15) is 0 Å². The van der Waals surface area contributed by atoms with Crippen LogP contribution in [-0.4, -0.2) is 42.4 Å². The molecule has 0 aromatic heterocycles. The molecule has 3 atom stereocenters. The van der Waals surface area contributed by atoms with E-state index in [0.29, 0.717) is 13.0 Å². The van der Waals surface area contributed by atoms with Crippen LogP contribution >= 0.6 is 0 Å². The van der Waals surface area contributed by atoms with E-state index in [1.165, 1.54) is 0 Å². The van der Waals surface area contributed by atoms with Crippen molar-refractivity contribution in [1.29, 1.82) is 0 Å². The minimum atomic E-state index is -0.590. The molecule has 98 valence electrons. The topological polar surface area (TPSA) is 46.6 Å². The van der Waals surface area contributed by atoms with Gasteiger partial charge in [0.25, 0.3) is 0 Å². The lowest BCUT2D eigenvalue weighted by Gasteiger charge is -2.41. The number of carbonyl (C=O) groups excluding carboxylic acids is 2. The summed E-state index contributed by atoms with van der Waals surface area (Å²) < 4.78 is 5.01. The molecule has 0 aromatic rings. The number of likely N-dealkylation sites (tertiary alicyclic amines) is 1. The van der Waals surface area contributed by atoms with Crippen molar-refractivity contribution in [2.24, 2.45) is 5.92 Å². The standard InChI is InChI=1S/C13H23NO3/c1-5-9-8-11(15)12(13(16)17-7-3)10(6-2)14(9)4/h9-10,12H,5-8H2,1-4H3. The molecule has 1 aliphatic heterocycles. The van der Waals surface area contributed by atoms with Gasteiger partial charge in [0.15, 0.2) is 0 Å². The largest absolute Gasteiger partial charge is 0.465 e. The van der Waals surface area contributed by atoms with E-state index in [1.807, 2.05) is 14.0 Å². The van der Waals surface area contributed by atoms with Crippen molar-refractivity contribution >= 4 is 11.8 Å². The second-order valence-electron chi connectivity index (χ2n) is 4.60.